The minimum atomic E-state index is -0.586. The van der Waals surface area contributed by atoms with Gasteiger partial charge < -0.3 is 15.4 Å². The molecule has 124 valence electrons. The van der Waals surface area contributed by atoms with E-state index in [1.807, 2.05) is 4.90 Å². The second kappa shape index (κ2) is 6.99. The van der Waals surface area contributed by atoms with Gasteiger partial charge in [-0.15, -0.1) is 11.3 Å². The predicted molar refractivity (Wildman–Crippen MR) is 96.0 cm³/mol. The Morgan fingerprint density at radius 1 is 1.33 bits per heavy atom. The Morgan fingerprint density at radius 3 is 2.62 bits per heavy atom. The van der Waals surface area contributed by atoms with Crippen molar-refractivity contribution in [2.24, 2.45) is 5.73 Å². The normalized spacial score (nSPS) is 14.5. The number of thiophene rings is 1. The first-order valence-corrected chi connectivity index (χ1v) is 8.75. The number of hydrogen-bond acceptors (Lipinski definition) is 5. The molecule has 24 heavy (non-hydrogen) atoms. The van der Waals surface area contributed by atoms with Crippen LogP contribution < -0.4 is 10.6 Å². The number of carbonyl (C=O) groups excluding carboxylic acids is 1. The number of primary amides is 1. The highest BCUT2D eigenvalue weighted by Crippen LogP contribution is 2.44. The first-order valence-electron chi connectivity index (χ1n) is 7.17. The zero-order valence-electron chi connectivity index (χ0n) is 12.5. The summed E-state index contributed by atoms with van der Waals surface area (Å²) < 4.78 is 5.35. The Balaban J connectivity index is 2.22. The van der Waals surface area contributed by atoms with Gasteiger partial charge >= 0.3 is 0 Å². The van der Waals surface area contributed by atoms with Crippen LogP contribution >= 0.6 is 34.5 Å². The third-order valence-corrected chi connectivity index (χ3v) is 5.54. The lowest BCUT2D eigenvalue weighted by Crippen LogP contribution is -2.36. The lowest BCUT2D eigenvalue weighted by atomic mass is 10.0. The van der Waals surface area contributed by atoms with Crippen molar-refractivity contribution in [1.82, 2.24) is 0 Å². The van der Waals surface area contributed by atoms with Gasteiger partial charge in [-0.3, -0.25) is 4.79 Å². The maximum atomic E-state index is 11.9. The molecule has 1 aromatic carbocycles. The van der Waals surface area contributed by atoms with Gasteiger partial charge in [0, 0.05) is 34.3 Å². The van der Waals surface area contributed by atoms with Crippen molar-refractivity contribution < 1.29 is 9.53 Å². The average Bonchev–Trinajstić information content (AvgIpc) is 2.95. The van der Waals surface area contributed by atoms with E-state index in [0.717, 1.165) is 5.00 Å². The molecule has 0 bridgehead atoms. The van der Waals surface area contributed by atoms with Crippen LogP contribution in [0.4, 0.5) is 5.00 Å². The maximum Gasteiger partial charge on any atom is 0.259 e. The maximum absolute atomic E-state index is 11.9. The first kappa shape index (κ1) is 17.1. The summed E-state index contributed by atoms with van der Waals surface area (Å²) in [7, 11) is 0. The van der Waals surface area contributed by atoms with Crippen LogP contribution in [-0.4, -0.2) is 32.2 Å². The monoisotopic (exact) mass is 381 g/mol. The van der Waals surface area contributed by atoms with Crippen LogP contribution in [0.5, 0.6) is 0 Å². The second-order valence-electron chi connectivity index (χ2n) is 5.19. The van der Waals surface area contributed by atoms with E-state index >= 15 is 0 Å². The average molecular weight is 382 g/mol. The van der Waals surface area contributed by atoms with Gasteiger partial charge in [-0.2, -0.15) is 5.26 Å². The van der Waals surface area contributed by atoms with Crippen molar-refractivity contribution in [3.63, 3.8) is 0 Å². The molecular formula is C16H13Cl2N3O2S. The molecule has 2 aromatic rings. The molecule has 1 aromatic heterocycles. The predicted octanol–water partition coefficient (Wildman–Crippen LogP) is 3.53. The Morgan fingerprint density at radius 2 is 2.04 bits per heavy atom. The molecule has 0 saturated carbocycles. The van der Waals surface area contributed by atoms with Crippen molar-refractivity contribution >= 4 is 45.4 Å². The summed E-state index contributed by atoms with van der Waals surface area (Å²) in [6, 6.07) is 7.15. The number of benzene rings is 1. The molecule has 0 radical (unpaired) electrons. The second-order valence-corrected chi connectivity index (χ2v) is 7.03. The van der Waals surface area contributed by atoms with Crippen molar-refractivity contribution in [2.45, 2.75) is 0 Å². The lowest BCUT2D eigenvalue weighted by molar-refractivity contribution is 0.100. The van der Waals surface area contributed by atoms with E-state index in [9.17, 15) is 10.1 Å². The quantitative estimate of drug-likeness (QED) is 0.881. The minimum Gasteiger partial charge on any atom is -0.378 e. The number of nitrogens with zero attached hydrogens (tertiary/aromatic N) is 2. The van der Waals surface area contributed by atoms with Gasteiger partial charge in [0.05, 0.1) is 18.8 Å². The standard InChI is InChI=1S/C16H13Cl2N3O2S/c17-9-1-2-10(12(18)7-9)13-11(8-19)16(24-14(13)15(20)22)21-3-5-23-6-4-21/h1-2,7H,3-6H2,(H2,20,22). The molecule has 0 spiro atoms. The minimum absolute atomic E-state index is 0.317. The van der Waals surface area contributed by atoms with Crippen LogP contribution in [0, 0.1) is 11.3 Å². The van der Waals surface area contributed by atoms with Gasteiger partial charge in [0.15, 0.2) is 0 Å². The molecule has 1 amide bonds. The van der Waals surface area contributed by atoms with Gasteiger partial charge in [0.2, 0.25) is 0 Å². The van der Waals surface area contributed by atoms with Crippen LogP contribution in [0.3, 0.4) is 0 Å². The van der Waals surface area contributed by atoms with E-state index in [2.05, 4.69) is 6.07 Å². The summed E-state index contributed by atoms with van der Waals surface area (Å²) in [5.74, 6) is -0.586. The number of nitriles is 1. The molecule has 1 fully saturated rings. The zero-order chi connectivity index (χ0) is 17.3. The van der Waals surface area contributed by atoms with Gasteiger partial charge in [0.1, 0.15) is 15.9 Å². The Kier molecular flexibility index (Phi) is 4.97. The third kappa shape index (κ3) is 3.08. The fourth-order valence-electron chi connectivity index (χ4n) is 2.63. The number of anilines is 1. The third-order valence-electron chi connectivity index (χ3n) is 3.72. The molecule has 8 heteroatoms. The fourth-order valence-corrected chi connectivity index (χ4v) is 4.31. The van der Waals surface area contributed by atoms with E-state index in [1.165, 1.54) is 11.3 Å². The Bertz CT molecular complexity index is 839. The molecule has 0 unspecified atom stereocenters. The van der Waals surface area contributed by atoms with Crippen LogP contribution in [-0.2, 0) is 4.74 Å². The highest BCUT2D eigenvalue weighted by atomic mass is 35.5. The zero-order valence-corrected chi connectivity index (χ0v) is 14.8. The Labute approximate surface area is 153 Å². The fraction of sp³-hybridized carbons (Fsp3) is 0.250. The van der Waals surface area contributed by atoms with Crippen LogP contribution in [0.2, 0.25) is 10.0 Å². The lowest BCUT2D eigenvalue weighted by Gasteiger charge is -2.27. The SMILES string of the molecule is N#Cc1c(N2CCOCC2)sc(C(N)=O)c1-c1ccc(Cl)cc1Cl. The highest BCUT2D eigenvalue weighted by molar-refractivity contribution is 7.18. The number of hydrogen-bond donors (Lipinski definition) is 1. The van der Waals surface area contributed by atoms with E-state index in [1.54, 1.807) is 18.2 Å². The molecule has 3 rings (SSSR count). The number of carbonyl (C=O) groups is 1. The Hall–Kier alpha value is -1.78. The molecule has 1 saturated heterocycles. The van der Waals surface area contributed by atoms with Crippen molar-refractivity contribution in [3.8, 4) is 17.2 Å². The van der Waals surface area contributed by atoms with Gasteiger partial charge in [-0.1, -0.05) is 29.3 Å². The molecule has 2 N–H and O–H groups in total. The number of nitrogens with two attached hydrogens (primary N) is 1. The number of halogens is 2. The van der Waals surface area contributed by atoms with Crippen molar-refractivity contribution in [2.75, 3.05) is 31.2 Å². The molecule has 0 aliphatic carbocycles. The summed E-state index contributed by atoms with van der Waals surface area (Å²) in [5, 5.41) is 11.3. The van der Waals surface area contributed by atoms with Gasteiger partial charge in [-0.05, 0) is 12.1 Å². The van der Waals surface area contributed by atoms with Crippen LogP contribution in [0.1, 0.15) is 15.2 Å². The summed E-state index contributed by atoms with van der Waals surface area (Å²) in [4.78, 5) is 14.3. The largest absolute Gasteiger partial charge is 0.378 e. The summed E-state index contributed by atoms with van der Waals surface area (Å²) in [6.45, 7) is 2.46. The number of ether oxygens (including phenoxy) is 1. The van der Waals surface area contributed by atoms with Crippen molar-refractivity contribution in [3.05, 3.63) is 38.7 Å². The van der Waals surface area contributed by atoms with Crippen LogP contribution in [0.25, 0.3) is 11.1 Å². The first-order chi connectivity index (χ1) is 11.5. The number of rotatable bonds is 3. The topological polar surface area (TPSA) is 79.3 Å². The van der Waals surface area contributed by atoms with E-state index in [-0.39, 0.29) is 0 Å². The molecule has 1 aliphatic rings. The number of amides is 1. The number of morpholine rings is 1. The molecule has 1 aliphatic heterocycles. The summed E-state index contributed by atoms with van der Waals surface area (Å²) in [5.41, 5.74) is 6.99. The van der Waals surface area contributed by atoms with E-state index < -0.39 is 5.91 Å². The van der Waals surface area contributed by atoms with Gasteiger partial charge in [0.25, 0.3) is 5.91 Å². The van der Waals surface area contributed by atoms with Crippen LogP contribution in [0.15, 0.2) is 18.2 Å². The molecule has 0 atom stereocenters. The molecular weight excluding hydrogens is 369 g/mol. The summed E-state index contributed by atoms with van der Waals surface area (Å²) >= 11 is 13.5. The highest BCUT2D eigenvalue weighted by Gasteiger charge is 2.27. The molecule has 5 nitrogen and oxygen atoms in total. The molecule has 2 heterocycles. The van der Waals surface area contributed by atoms with E-state index in [4.69, 9.17) is 33.7 Å². The smallest absolute Gasteiger partial charge is 0.259 e. The summed E-state index contributed by atoms with van der Waals surface area (Å²) in [6.07, 6.45) is 0. The van der Waals surface area contributed by atoms with Gasteiger partial charge in [-0.25, -0.2) is 0 Å². The van der Waals surface area contributed by atoms with Crippen molar-refractivity contribution in [1.29, 1.82) is 5.26 Å². The van der Waals surface area contributed by atoms with E-state index in [0.29, 0.717) is 57.9 Å².